The number of benzene rings is 1. The van der Waals surface area contributed by atoms with Crippen LogP contribution in [0.25, 0.3) is 0 Å². The van der Waals surface area contributed by atoms with E-state index >= 15 is 0 Å². The Balaban J connectivity index is 2.87. The van der Waals surface area contributed by atoms with Gasteiger partial charge in [0.1, 0.15) is 5.82 Å². The van der Waals surface area contributed by atoms with Crippen LogP contribution in [0, 0.1) is 18.2 Å². The van der Waals surface area contributed by atoms with E-state index in [-0.39, 0.29) is 17.2 Å². The van der Waals surface area contributed by atoms with E-state index in [2.05, 4.69) is 27.7 Å². The molecule has 0 aliphatic rings. The molecule has 0 saturated carbocycles. The topological polar surface area (TPSA) is 0 Å². The van der Waals surface area contributed by atoms with Crippen molar-refractivity contribution in [3.8, 4) is 0 Å². The highest BCUT2D eigenvalue weighted by molar-refractivity contribution is 5.26. The average molecular weight is 208 g/mol. The second-order valence-electron chi connectivity index (χ2n) is 5.69. The Morgan fingerprint density at radius 1 is 1.27 bits per heavy atom. The van der Waals surface area contributed by atoms with Gasteiger partial charge in [0.05, 0.1) is 0 Å². The molecule has 0 spiro atoms. The highest BCUT2D eigenvalue weighted by atomic mass is 19.1. The van der Waals surface area contributed by atoms with Crippen LogP contribution in [0.2, 0.25) is 0 Å². The monoisotopic (exact) mass is 208 g/mol. The van der Waals surface area contributed by atoms with Crippen molar-refractivity contribution in [2.24, 2.45) is 5.41 Å². The second kappa shape index (κ2) is 4.34. The predicted molar refractivity (Wildman–Crippen MR) is 63.6 cm³/mol. The third-order valence-electron chi connectivity index (χ3n) is 2.61. The number of hydrogen-bond donors (Lipinski definition) is 0. The molecular formula is C14H21F. The number of rotatable bonds is 2. The van der Waals surface area contributed by atoms with Crippen LogP contribution in [-0.2, 0) is 0 Å². The summed E-state index contributed by atoms with van der Waals surface area (Å²) in [6.07, 6.45) is 1.01. The lowest BCUT2D eigenvalue weighted by atomic mass is 9.82. The van der Waals surface area contributed by atoms with Gasteiger partial charge in [-0.15, -0.1) is 0 Å². The van der Waals surface area contributed by atoms with Crippen LogP contribution < -0.4 is 0 Å². The maximum Gasteiger partial charge on any atom is 0.126 e. The Morgan fingerprint density at radius 3 is 2.33 bits per heavy atom. The quantitative estimate of drug-likeness (QED) is 0.662. The first-order chi connectivity index (χ1) is 6.79. The summed E-state index contributed by atoms with van der Waals surface area (Å²) in [4.78, 5) is 0. The third kappa shape index (κ3) is 3.65. The molecule has 1 aromatic carbocycles. The molecule has 0 saturated heterocycles. The van der Waals surface area contributed by atoms with Gasteiger partial charge in [-0.3, -0.25) is 0 Å². The first-order valence-corrected chi connectivity index (χ1v) is 5.55. The van der Waals surface area contributed by atoms with Crippen LogP contribution in [0.4, 0.5) is 4.39 Å². The largest absolute Gasteiger partial charge is 0.207 e. The zero-order valence-corrected chi connectivity index (χ0v) is 10.4. The lowest BCUT2D eigenvalue weighted by molar-refractivity contribution is 0.345. The molecule has 84 valence electrons. The van der Waals surface area contributed by atoms with Crippen LogP contribution >= 0.6 is 0 Å². The standard InChI is InChI=1S/C14H21F/c1-10-6-7-12(13(15)8-10)11(2)9-14(3,4)5/h6-8,11H,9H2,1-5H3. The van der Waals surface area contributed by atoms with Crippen LogP contribution in [0.1, 0.15) is 51.2 Å². The Bertz CT molecular complexity index is 334. The fourth-order valence-electron chi connectivity index (χ4n) is 2.06. The number of halogens is 1. The normalized spacial score (nSPS) is 14.0. The molecule has 1 aromatic rings. The molecule has 0 aromatic heterocycles. The minimum Gasteiger partial charge on any atom is -0.207 e. The molecule has 0 N–H and O–H groups in total. The summed E-state index contributed by atoms with van der Waals surface area (Å²) < 4.78 is 13.7. The summed E-state index contributed by atoms with van der Waals surface area (Å²) in [7, 11) is 0. The molecule has 0 radical (unpaired) electrons. The summed E-state index contributed by atoms with van der Waals surface area (Å²) in [6.45, 7) is 10.6. The van der Waals surface area contributed by atoms with E-state index in [4.69, 9.17) is 0 Å². The zero-order valence-electron chi connectivity index (χ0n) is 10.4. The van der Waals surface area contributed by atoms with E-state index in [0.717, 1.165) is 17.5 Å². The summed E-state index contributed by atoms with van der Waals surface area (Å²) in [6, 6.07) is 5.52. The minimum atomic E-state index is -0.0632. The van der Waals surface area contributed by atoms with Crippen molar-refractivity contribution in [2.45, 2.75) is 47.0 Å². The van der Waals surface area contributed by atoms with E-state index in [9.17, 15) is 4.39 Å². The fraction of sp³-hybridized carbons (Fsp3) is 0.571. The molecule has 15 heavy (non-hydrogen) atoms. The van der Waals surface area contributed by atoms with Gasteiger partial charge in [-0.25, -0.2) is 4.39 Å². The SMILES string of the molecule is Cc1ccc(C(C)CC(C)(C)C)c(F)c1. The molecule has 1 heteroatoms. The summed E-state index contributed by atoms with van der Waals surface area (Å²) >= 11 is 0. The number of aryl methyl sites for hydroxylation is 1. The van der Waals surface area contributed by atoms with Crippen molar-refractivity contribution in [1.82, 2.24) is 0 Å². The molecular weight excluding hydrogens is 187 g/mol. The smallest absolute Gasteiger partial charge is 0.126 e. The molecule has 0 aliphatic heterocycles. The predicted octanol–water partition coefficient (Wildman–Crippen LogP) is 4.67. The summed E-state index contributed by atoms with van der Waals surface area (Å²) in [5.41, 5.74) is 2.08. The van der Waals surface area contributed by atoms with Gasteiger partial charge in [-0.05, 0) is 41.9 Å². The van der Waals surface area contributed by atoms with Gasteiger partial charge in [0.15, 0.2) is 0 Å². The van der Waals surface area contributed by atoms with E-state index < -0.39 is 0 Å². The highest BCUT2D eigenvalue weighted by Gasteiger charge is 2.18. The van der Waals surface area contributed by atoms with E-state index in [1.807, 2.05) is 19.1 Å². The fourth-order valence-corrected chi connectivity index (χ4v) is 2.06. The maximum atomic E-state index is 13.7. The van der Waals surface area contributed by atoms with Crippen molar-refractivity contribution < 1.29 is 4.39 Å². The third-order valence-corrected chi connectivity index (χ3v) is 2.61. The van der Waals surface area contributed by atoms with Crippen molar-refractivity contribution in [3.05, 3.63) is 35.1 Å². The Morgan fingerprint density at radius 2 is 1.87 bits per heavy atom. The maximum absolute atomic E-state index is 13.7. The molecule has 0 heterocycles. The summed E-state index contributed by atoms with van der Waals surface area (Å²) in [5.74, 6) is 0.220. The summed E-state index contributed by atoms with van der Waals surface area (Å²) in [5, 5.41) is 0. The number of hydrogen-bond acceptors (Lipinski definition) is 0. The second-order valence-corrected chi connectivity index (χ2v) is 5.69. The van der Waals surface area contributed by atoms with Crippen LogP contribution in [0.5, 0.6) is 0 Å². The van der Waals surface area contributed by atoms with Gasteiger partial charge in [0.25, 0.3) is 0 Å². The van der Waals surface area contributed by atoms with Crippen LogP contribution in [0.15, 0.2) is 18.2 Å². The molecule has 1 atom stereocenters. The van der Waals surface area contributed by atoms with Crippen LogP contribution in [-0.4, -0.2) is 0 Å². The first-order valence-electron chi connectivity index (χ1n) is 5.55. The van der Waals surface area contributed by atoms with Gasteiger partial charge >= 0.3 is 0 Å². The van der Waals surface area contributed by atoms with Gasteiger partial charge in [-0.1, -0.05) is 39.8 Å². The molecule has 0 aliphatic carbocycles. The first kappa shape index (κ1) is 12.2. The van der Waals surface area contributed by atoms with Crippen LogP contribution in [0.3, 0.4) is 0 Å². The zero-order chi connectivity index (χ0) is 11.6. The van der Waals surface area contributed by atoms with E-state index in [1.165, 1.54) is 0 Å². The van der Waals surface area contributed by atoms with E-state index in [1.54, 1.807) is 6.07 Å². The Hall–Kier alpha value is -0.850. The van der Waals surface area contributed by atoms with Gasteiger partial charge in [0.2, 0.25) is 0 Å². The Kier molecular flexibility index (Phi) is 3.54. The van der Waals surface area contributed by atoms with Crippen molar-refractivity contribution >= 4 is 0 Å². The van der Waals surface area contributed by atoms with Crippen molar-refractivity contribution in [1.29, 1.82) is 0 Å². The lowest BCUT2D eigenvalue weighted by Crippen LogP contribution is -2.10. The molecule has 0 nitrogen and oxygen atoms in total. The Labute approximate surface area is 92.5 Å². The van der Waals surface area contributed by atoms with Gasteiger partial charge < -0.3 is 0 Å². The molecule has 0 bridgehead atoms. The molecule has 0 amide bonds. The molecule has 0 fully saturated rings. The lowest BCUT2D eigenvalue weighted by Gasteiger charge is -2.23. The van der Waals surface area contributed by atoms with E-state index in [0.29, 0.717) is 0 Å². The molecule has 1 unspecified atom stereocenters. The minimum absolute atomic E-state index is 0.0632. The van der Waals surface area contributed by atoms with Gasteiger partial charge in [-0.2, -0.15) is 0 Å². The molecule has 1 rings (SSSR count). The van der Waals surface area contributed by atoms with Crippen molar-refractivity contribution in [3.63, 3.8) is 0 Å². The highest BCUT2D eigenvalue weighted by Crippen LogP contribution is 2.32. The van der Waals surface area contributed by atoms with Gasteiger partial charge in [0, 0.05) is 0 Å². The average Bonchev–Trinajstić information content (AvgIpc) is 1.99. The van der Waals surface area contributed by atoms with Crippen molar-refractivity contribution in [2.75, 3.05) is 0 Å².